The van der Waals surface area contributed by atoms with Crippen LogP contribution in [-0.4, -0.2) is 126 Å². The van der Waals surface area contributed by atoms with Crippen molar-refractivity contribution in [2.24, 2.45) is 0 Å². The van der Waals surface area contributed by atoms with Gasteiger partial charge in [0.2, 0.25) is 0 Å². The summed E-state index contributed by atoms with van der Waals surface area (Å²) in [6.07, 6.45) is 0.714. The molecule has 0 aromatic rings. The molecule has 0 aliphatic carbocycles. The third-order valence-corrected chi connectivity index (χ3v) is 6.09. The van der Waals surface area contributed by atoms with Crippen LogP contribution in [0, 0.1) is 0 Å². The van der Waals surface area contributed by atoms with Gasteiger partial charge in [0.1, 0.15) is 5.60 Å². The molecular weight excluding hydrogens is 336 g/mol. The lowest BCUT2D eigenvalue weighted by molar-refractivity contribution is -0.0159. The highest BCUT2D eigenvalue weighted by Crippen LogP contribution is 2.33. The molecule has 1 spiro atoms. The van der Waals surface area contributed by atoms with Crippen molar-refractivity contribution in [1.82, 2.24) is 19.6 Å². The Morgan fingerprint density at radius 3 is 2.31 bits per heavy atom. The Labute approximate surface area is 156 Å². The lowest BCUT2D eigenvalue weighted by Gasteiger charge is -2.38. The number of piperidine rings is 1. The first-order valence-corrected chi connectivity index (χ1v) is 9.97. The largest absolute Gasteiger partial charge is 0.441 e. The molecule has 0 saturated carbocycles. The van der Waals surface area contributed by atoms with Crippen LogP contribution in [0.15, 0.2) is 0 Å². The second kappa shape index (κ2) is 8.84. The number of aliphatic hydroxyl groups excluding tert-OH is 2. The van der Waals surface area contributed by atoms with Crippen LogP contribution >= 0.6 is 0 Å². The van der Waals surface area contributed by atoms with Crippen molar-refractivity contribution in [3.63, 3.8) is 0 Å². The van der Waals surface area contributed by atoms with Crippen molar-refractivity contribution < 1.29 is 19.7 Å². The zero-order valence-electron chi connectivity index (χ0n) is 16.0. The van der Waals surface area contributed by atoms with Crippen molar-refractivity contribution in [2.75, 3.05) is 78.6 Å². The predicted molar refractivity (Wildman–Crippen MR) is 98.1 cm³/mol. The summed E-state index contributed by atoms with van der Waals surface area (Å²) in [6, 6.07) is 0. The van der Waals surface area contributed by atoms with Crippen LogP contribution in [0.25, 0.3) is 0 Å². The Morgan fingerprint density at radius 1 is 1.04 bits per heavy atom. The number of amides is 1. The van der Waals surface area contributed by atoms with Crippen LogP contribution in [0.4, 0.5) is 4.79 Å². The molecule has 1 atom stereocenters. The standard InChI is InChI=1S/C18H34N4O4/c1-2-19-7-9-20(10-8-19)11-12-22-15-18(26-17(22)25)3-5-21(6-4-18)13-16(24)14-23/h16,23-24H,2-15H2,1H3/t16-/m0/s1. The molecular formula is C18H34N4O4. The molecule has 0 aromatic carbocycles. The van der Waals surface area contributed by atoms with Crippen molar-refractivity contribution in [1.29, 1.82) is 0 Å². The molecule has 0 unspecified atom stereocenters. The van der Waals surface area contributed by atoms with Gasteiger partial charge in [0.05, 0.1) is 19.3 Å². The summed E-state index contributed by atoms with van der Waals surface area (Å²) >= 11 is 0. The zero-order valence-corrected chi connectivity index (χ0v) is 16.0. The minimum atomic E-state index is -0.695. The van der Waals surface area contributed by atoms with Crippen LogP contribution in [0.2, 0.25) is 0 Å². The Hall–Kier alpha value is -0.930. The summed E-state index contributed by atoms with van der Waals surface area (Å²) in [6.45, 7) is 11.9. The van der Waals surface area contributed by atoms with E-state index in [2.05, 4.69) is 21.6 Å². The minimum Gasteiger partial charge on any atom is -0.441 e. The van der Waals surface area contributed by atoms with E-state index >= 15 is 0 Å². The molecule has 3 aliphatic heterocycles. The van der Waals surface area contributed by atoms with Gasteiger partial charge in [-0.05, 0) is 6.54 Å². The number of hydrogen-bond donors (Lipinski definition) is 2. The first-order chi connectivity index (χ1) is 12.5. The van der Waals surface area contributed by atoms with Crippen LogP contribution < -0.4 is 0 Å². The number of aliphatic hydroxyl groups is 2. The third kappa shape index (κ3) is 4.86. The van der Waals surface area contributed by atoms with Gasteiger partial charge in [0.15, 0.2) is 0 Å². The smallest absolute Gasteiger partial charge is 0.410 e. The molecule has 150 valence electrons. The fraction of sp³-hybridized carbons (Fsp3) is 0.944. The van der Waals surface area contributed by atoms with Crippen LogP contribution in [0.1, 0.15) is 19.8 Å². The normalized spacial score (nSPS) is 26.4. The average molecular weight is 370 g/mol. The molecule has 3 rings (SSSR count). The monoisotopic (exact) mass is 370 g/mol. The molecule has 0 radical (unpaired) electrons. The van der Waals surface area contributed by atoms with E-state index in [-0.39, 0.29) is 18.3 Å². The van der Waals surface area contributed by atoms with E-state index in [0.717, 1.165) is 71.7 Å². The summed E-state index contributed by atoms with van der Waals surface area (Å²) in [4.78, 5) is 21.2. The van der Waals surface area contributed by atoms with E-state index < -0.39 is 6.10 Å². The number of β-amino-alcohol motifs (C(OH)–C–C–N with tert-alkyl or cyclic N) is 1. The SMILES string of the molecule is CCN1CCN(CCN2CC3(CCN(C[C@H](O)CO)CC3)OC2=O)CC1. The van der Waals surface area contributed by atoms with E-state index in [4.69, 9.17) is 9.84 Å². The van der Waals surface area contributed by atoms with Crippen molar-refractivity contribution >= 4 is 6.09 Å². The van der Waals surface area contributed by atoms with Gasteiger partial charge in [0, 0.05) is 71.7 Å². The summed E-state index contributed by atoms with van der Waals surface area (Å²) in [5.74, 6) is 0. The van der Waals surface area contributed by atoms with Gasteiger partial charge < -0.3 is 29.6 Å². The predicted octanol–water partition coefficient (Wildman–Crippen LogP) is -0.736. The van der Waals surface area contributed by atoms with E-state index in [1.165, 1.54) is 0 Å². The van der Waals surface area contributed by atoms with Crippen LogP contribution in [-0.2, 0) is 4.74 Å². The molecule has 3 heterocycles. The number of likely N-dealkylation sites (N-methyl/N-ethyl adjacent to an activating group) is 1. The first kappa shape index (κ1) is 19.8. The zero-order chi connectivity index (χ0) is 18.6. The third-order valence-electron chi connectivity index (χ3n) is 6.09. The topological polar surface area (TPSA) is 79.7 Å². The molecule has 3 aliphatic rings. The van der Waals surface area contributed by atoms with Gasteiger partial charge in [-0.15, -0.1) is 0 Å². The molecule has 3 fully saturated rings. The lowest BCUT2D eigenvalue weighted by atomic mass is 9.91. The van der Waals surface area contributed by atoms with Gasteiger partial charge in [0.25, 0.3) is 0 Å². The molecule has 26 heavy (non-hydrogen) atoms. The van der Waals surface area contributed by atoms with Gasteiger partial charge in [-0.2, -0.15) is 0 Å². The number of ether oxygens (including phenoxy) is 1. The Morgan fingerprint density at radius 2 is 1.69 bits per heavy atom. The quantitative estimate of drug-likeness (QED) is 0.611. The highest BCUT2D eigenvalue weighted by molar-refractivity contribution is 5.70. The second-order valence-corrected chi connectivity index (χ2v) is 7.89. The Kier molecular flexibility index (Phi) is 6.74. The fourth-order valence-electron chi connectivity index (χ4n) is 4.22. The number of carbonyl (C=O) groups is 1. The minimum absolute atomic E-state index is 0.180. The maximum atomic E-state index is 12.3. The Bertz CT molecular complexity index is 462. The second-order valence-electron chi connectivity index (χ2n) is 7.89. The van der Waals surface area contributed by atoms with Crippen molar-refractivity contribution in [2.45, 2.75) is 31.5 Å². The van der Waals surface area contributed by atoms with Crippen molar-refractivity contribution in [3.05, 3.63) is 0 Å². The average Bonchev–Trinajstić information content (AvgIpc) is 2.97. The first-order valence-electron chi connectivity index (χ1n) is 9.97. The molecule has 0 bridgehead atoms. The summed E-state index contributed by atoms with van der Waals surface area (Å²) in [5, 5.41) is 18.6. The van der Waals surface area contributed by atoms with Crippen molar-refractivity contribution in [3.8, 4) is 0 Å². The van der Waals surface area contributed by atoms with Gasteiger partial charge in [-0.3, -0.25) is 4.90 Å². The van der Waals surface area contributed by atoms with Gasteiger partial charge in [-0.25, -0.2) is 4.79 Å². The molecule has 8 nitrogen and oxygen atoms in total. The molecule has 1 amide bonds. The molecule has 8 heteroatoms. The highest BCUT2D eigenvalue weighted by atomic mass is 16.6. The number of hydrogen-bond acceptors (Lipinski definition) is 7. The molecule has 2 N–H and O–H groups in total. The lowest BCUT2D eigenvalue weighted by Crippen LogP contribution is -2.50. The summed E-state index contributed by atoms with van der Waals surface area (Å²) in [7, 11) is 0. The van der Waals surface area contributed by atoms with E-state index in [1.54, 1.807) is 0 Å². The summed E-state index contributed by atoms with van der Waals surface area (Å²) in [5.41, 5.74) is -0.362. The molecule has 0 aromatic heterocycles. The number of carbonyl (C=O) groups excluding carboxylic acids is 1. The van der Waals surface area contributed by atoms with Crippen LogP contribution in [0.3, 0.4) is 0 Å². The number of rotatable bonds is 7. The van der Waals surface area contributed by atoms with E-state index in [9.17, 15) is 9.90 Å². The van der Waals surface area contributed by atoms with E-state index in [1.807, 2.05) is 4.90 Å². The highest BCUT2D eigenvalue weighted by Gasteiger charge is 2.46. The maximum Gasteiger partial charge on any atom is 0.410 e. The fourth-order valence-corrected chi connectivity index (χ4v) is 4.22. The maximum absolute atomic E-state index is 12.3. The number of nitrogens with zero attached hydrogens (tertiary/aromatic N) is 4. The van der Waals surface area contributed by atoms with E-state index in [0.29, 0.717) is 13.1 Å². The van der Waals surface area contributed by atoms with Gasteiger partial charge >= 0.3 is 6.09 Å². The Balaban J connectivity index is 1.41. The summed E-state index contributed by atoms with van der Waals surface area (Å²) < 4.78 is 5.78. The van der Waals surface area contributed by atoms with Crippen LogP contribution in [0.5, 0.6) is 0 Å². The van der Waals surface area contributed by atoms with Gasteiger partial charge in [-0.1, -0.05) is 6.92 Å². The molecule has 3 saturated heterocycles. The number of piperazine rings is 1. The number of likely N-dealkylation sites (tertiary alicyclic amines) is 1.